The van der Waals surface area contributed by atoms with E-state index in [4.69, 9.17) is 4.43 Å². The maximum atomic E-state index is 12.7. The quantitative estimate of drug-likeness (QED) is 0.296. The summed E-state index contributed by atoms with van der Waals surface area (Å²) in [7, 11) is 0.0178. The van der Waals surface area contributed by atoms with Crippen LogP contribution in [0.2, 0.25) is 18.1 Å². The van der Waals surface area contributed by atoms with Gasteiger partial charge in [-0.2, -0.15) is 0 Å². The van der Waals surface area contributed by atoms with Crippen LogP contribution in [0.5, 0.6) is 0 Å². The number of carbonyl (C=O) groups is 3. The van der Waals surface area contributed by atoms with Crippen molar-refractivity contribution in [2.24, 2.45) is 11.8 Å². The highest BCUT2D eigenvalue weighted by atomic mass is 31.0. The molecule has 0 N–H and O–H groups in total. The third-order valence-corrected chi connectivity index (χ3v) is 10.9. The summed E-state index contributed by atoms with van der Waals surface area (Å²) >= 11 is 0. The van der Waals surface area contributed by atoms with Crippen molar-refractivity contribution < 1.29 is 23.3 Å². The van der Waals surface area contributed by atoms with Gasteiger partial charge < -0.3 is 13.8 Å². The molecule has 2 fully saturated rings. The zero-order valence-electron chi connectivity index (χ0n) is 15.1. The second-order valence-electron chi connectivity index (χ2n) is 6.86. The summed E-state index contributed by atoms with van der Waals surface area (Å²) in [6.07, 6.45) is -0.230. The molecule has 1 amide bonds. The summed E-state index contributed by atoms with van der Waals surface area (Å²) in [5.74, 6) is -1.80. The van der Waals surface area contributed by atoms with Gasteiger partial charge in [0, 0.05) is 5.92 Å². The summed E-state index contributed by atoms with van der Waals surface area (Å²) in [6, 6.07) is 1.68. The van der Waals surface area contributed by atoms with Crippen LogP contribution in [0.25, 0.3) is 0 Å². The molecule has 0 saturated carbocycles. The topological polar surface area (TPSA) is 72.9 Å². The van der Waals surface area contributed by atoms with Gasteiger partial charge in [0.15, 0.2) is 20.1 Å². The first-order valence-corrected chi connectivity index (χ1v) is 11.7. The van der Waals surface area contributed by atoms with Crippen molar-refractivity contribution in [3.63, 3.8) is 0 Å². The van der Waals surface area contributed by atoms with Crippen LogP contribution in [-0.2, 0) is 23.3 Å². The number of hydrogen-bond donors (Lipinski definition) is 0. The van der Waals surface area contributed by atoms with E-state index in [0.29, 0.717) is 0 Å². The van der Waals surface area contributed by atoms with Gasteiger partial charge in [-0.1, -0.05) is 27.7 Å². The van der Waals surface area contributed by atoms with E-state index in [0.717, 1.165) is 18.1 Å². The Kier molecular flexibility index (Phi) is 5.88. The minimum atomic E-state index is -1.83. The average molecular weight is 373 g/mol. The van der Waals surface area contributed by atoms with E-state index in [1.165, 1.54) is 4.90 Å². The van der Waals surface area contributed by atoms with Gasteiger partial charge in [-0.05, 0) is 25.1 Å². The smallest absolute Gasteiger partial charge is 0.338 e. The van der Waals surface area contributed by atoms with Crippen molar-refractivity contribution >= 4 is 35.4 Å². The van der Waals surface area contributed by atoms with Gasteiger partial charge in [0.2, 0.25) is 5.91 Å². The third-order valence-electron chi connectivity index (χ3n) is 5.95. The fourth-order valence-electron chi connectivity index (χ4n) is 4.20. The minimum absolute atomic E-state index is 0.170. The molecule has 136 valence electrons. The van der Waals surface area contributed by atoms with E-state index >= 15 is 0 Å². The third kappa shape index (κ3) is 2.84. The molecule has 2 rings (SSSR count). The molecule has 6 nitrogen and oxygen atoms in total. The number of Topliss-reactive ketones (excluding diaryl/α,β-unsaturated/α-hetero) is 1. The van der Waals surface area contributed by atoms with Gasteiger partial charge in [-0.3, -0.25) is 9.59 Å². The molecule has 0 aromatic heterocycles. The van der Waals surface area contributed by atoms with Crippen molar-refractivity contribution in [1.29, 1.82) is 0 Å². The molecule has 24 heavy (non-hydrogen) atoms. The molecule has 2 aliphatic rings. The second-order valence-corrected chi connectivity index (χ2v) is 11.8. The molecule has 0 radical (unpaired) electrons. The number of fused-ring (bicyclic) bond motifs is 1. The van der Waals surface area contributed by atoms with Crippen LogP contribution in [0.4, 0.5) is 0 Å². The zero-order chi connectivity index (χ0) is 18.2. The molecule has 0 aromatic carbocycles. The first kappa shape index (κ1) is 19.5. The Labute approximate surface area is 147 Å². The zero-order valence-corrected chi connectivity index (χ0v) is 17.2. The lowest BCUT2D eigenvalue weighted by molar-refractivity contribution is -0.169. The van der Waals surface area contributed by atoms with Crippen LogP contribution in [0.15, 0.2) is 0 Å². The largest absolute Gasteiger partial charge is 0.450 e. The van der Waals surface area contributed by atoms with Gasteiger partial charge in [-0.15, -0.1) is 0 Å². The molecule has 0 aromatic rings. The summed E-state index contributed by atoms with van der Waals surface area (Å²) in [5, 5.41) is 0. The number of rotatable bonds is 7. The Bertz CT molecular complexity index is 530. The molecular weight excluding hydrogens is 345 g/mol. The molecule has 8 heteroatoms. The predicted octanol–water partition coefficient (Wildman–Crippen LogP) is 2.14. The maximum absolute atomic E-state index is 12.7. The van der Waals surface area contributed by atoms with Gasteiger partial charge in [0.05, 0.1) is 27.5 Å². The SMILES string of the molecule is CC[Si](CC)(CC)OC(C)C1C(=O)N2C(C(=O)OP)C(=O)C(C)C12. The number of ketones is 1. The van der Waals surface area contributed by atoms with Crippen molar-refractivity contribution in [3.8, 4) is 0 Å². The van der Waals surface area contributed by atoms with Crippen LogP contribution in [0, 0.1) is 11.8 Å². The second kappa shape index (κ2) is 7.22. The molecule has 0 bridgehead atoms. The minimum Gasteiger partial charge on any atom is -0.450 e. The number of nitrogens with zero attached hydrogens (tertiary/aromatic N) is 1. The van der Waals surface area contributed by atoms with Crippen LogP contribution >= 0.6 is 9.47 Å². The fraction of sp³-hybridized carbons (Fsp3) is 0.812. The van der Waals surface area contributed by atoms with E-state index in [1.807, 2.05) is 16.4 Å². The number of hydrogen-bond acceptors (Lipinski definition) is 5. The van der Waals surface area contributed by atoms with Gasteiger partial charge in [-0.25, -0.2) is 4.79 Å². The number of carbonyl (C=O) groups excluding carboxylic acids is 3. The van der Waals surface area contributed by atoms with Gasteiger partial charge in [0.25, 0.3) is 0 Å². The Balaban J connectivity index is 2.19. The highest BCUT2D eigenvalue weighted by molar-refractivity contribution is 7.10. The molecule has 6 unspecified atom stereocenters. The van der Waals surface area contributed by atoms with Crippen LogP contribution < -0.4 is 0 Å². The van der Waals surface area contributed by atoms with E-state index in [-0.39, 0.29) is 35.7 Å². The number of amides is 1. The molecular formula is C16H28NO5PSi. The van der Waals surface area contributed by atoms with Gasteiger partial charge in [0.1, 0.15) is 0 Å². The summed E-state index contributed by atoms with van der Waals surface area (Å²) in [5.41, 5.74) is 0. The lowest BCUT2D eigenvalue weighted by Crippen LogP contribution is -2.66. The molecule has 6 atom stereocenters. The normalized spacial score (nSPS) is 30.8. The van der Waals surface area contributed by atoms with Crippen LogP contribution in [-0.4, -0.2) is 49.1 Å². The van der Waals surface area contributed by atoms with E-state index in [2.05, 4.69) is 25.3 Å². The first-order chi connectivity index (χ1) is 11.3. The molecule has 2 saturated heterocycles. The summed E-state index contributed by atoms with van der Waals surface area (Å²) in [6.45, 7) is 10.2. The average Bonchev–Trinajstić information content (AvgIpc) is 2.81. The monoisotopic (exact) mass is 373 g/mol. The number of β-lactam (4-membered cyclic amide) rings is 1. The van der Waals surface area contributed by atoms with E-state index in [9.17, 15) is 14.4 Å². The van der Waals surface area contributed by atoms with Crippen LogP contribution in [0.1, 0.15) is 34.6 Å². The Morgan fingerprint density at radius 3 is 2.25 bits per heavy atom. The lowest BCUT2D eigenvalue weighted by atomic mass is 9.79. The molecule has 2 aliphatic heterocycles. The van der Waals surface area contributed by atoms with E-state index in [1.54, 1.807) is 6.92 Å². The highest BCUT2D eigenvalue weighted by Gasteiger charge is 2.65. The summed E-state index contributed by atoms with van der Waals surface area (Å²) in [4.78, 5) is 38.3. The summed E-state index contributed by atoms with van der Waals surface area (Å²) < 4.78 is 11.1. The van der Waals surface area contributed by atoms with Crippen LogP contribution in [0.3, 0.4) is 0 Å². The molecule has 0 spiro atoms. The molecule has 2 heterocycles. The molecule has 0 aliphatic carbocycles. The maximum Gasteiger partial charge on any atom is 0.338 e. The van der Waals surface area contributed by atoms with Crippen molar-refractivity contribution in [1.82, 2.24) is 4.90 Å². The van der Waals surface area contributed by atoms with Crippen molar-refractivity contribution in [2.45, 2.75) is 70.9 Å². The Morgan fingerprint density at radius 1 is 1.25 bits per heavy atom. The predicted molar refractivity (Wildman–Crippen MR) is 95.6 cm³/mol. The Hall–Kier alpha value is -0.783. The Morgan fingerprint density at radius 2 is 1.79 bits per heavy atom. The fourth-order valence-corrected chi connectivity index (χ4v) is 7.27. The highest BCUT2D eigenvalue weighted by Crippen LogP contribution is 2.44. The first-order valence-electron chi connectivity index (χ1n) is 8.72. The van der Waals surface area contributed by atoms with Crippen molar-refractivity contribution in [3.05, 3.63) is 0 Å². The standard InChI is InChI=1S/C16H28NO5PSi/c1-6-24(7-2,8-3)22-10(5)11-12-9(4)14(18)13(16(20)21-23)17(12)15(11)19/h9-13H,6-8,23H2,1-5H3. The van der Waals surface area contributed by atoms with Crippen molar-refractivity contribution in [2.75, 3.05) is 0 Å². The van der Waals surface area contributed by atoms with E-state index < -0.39 is 20.3 Å². The lowest BCUT2D eigenvalue weighted by Gasteiger charge is -2.49. The van der Waals surface area contributed by atoms with Gasteiger partial charge >= 0.3 is 5.97 Å².